The van der Waals surface area contributed by atoms with Crippen LogP contribution in [0.25, 0.3) is 10.8 Å². The lowest BCUT2D eigenvalue weighted by Gasteiger charge is -2.36. The van der Waals surface area contributed by atoms with Gasteiger partial charge in [0.15, 0.2) is 16.6 Å². The van der Waals surface area contributed by atoms with Gasteiger partial charge in [-0.15, -0.1) is 0 Å². The Morgan fingerprint density at radius 1 is 1.25 bits per heavy atom. The fraction of sp³-hybridized carbons (Fsp3) is 0.381. The van der Waals surface area contributed by atoms with E-state index in [0.29, 0.717) is 48.5 Å². The molecule has 1 aromatic carbocycles. The molecule has 11 heteroatoms. The monoisotopic (exact) mass is 474 g/mol. The second-order valence-corrected chi connectivity index (χ2v) is 9.05. The first-order chi connectivity index (χ1) is 15.3. The number of hydrogen-bond acceptors (Lipinski definition) is 6. The third-order valence-corrected chi connectivity index (χ3v) is 7.00. The molecule has 3 aromatic rings. The van der Waals surface area contributed by atoms with E-state index < -0.39 is 5.82 Å². The maximum atomic E-state index is 14.0. The Morgan fingerprint density at radius 2 is 2.06 bits per heavy atom. The third-order valence-electron chi connectivity index (χ3n) is 5.89. The molecule has 1 fully saturated rings. The largest absolute Gasteiger partial charge is 0.328 e. The summed E-state index contributed by atoms with van der Waals surface area (Å²) in [5.41, 5.74) is 1.00. The molecule has 166 valence electrons. The van der Waals surface area contributed by atoms with Crippen LogP contribution in [0, 0.1) is 12.7 Å². The number of aromatic nitrogens is 4. The predicted octanol–water partition coefficient (Wildman–Crippen LogP) is 3.85. The van der Waals surface area contributed by atoms with Crippen molar-refractivity contribution in [2.24, 2.45) is 0 Å². The highest BCUT2D eigenvalue weighted by atomic mass is 35.5. The van der Waals surface area contributed by atoms with Crippen molar-refractivity contribution >= 4 is 40.8 Å². The molecule has 5 rings (SSSR count). The standard InChI is InChI=1S/C21H20ClFN6O2S/c1-11-17-18(28-7-3-4-16(28)30)25-19(20-24-12(2)26-32-20)29(17)9-8-27(11)21(31)13-5-6-14(22)15(23)10-13/h5-6,10-11H,3-4,7-9H2,1-2H3. The van der Waals surface area contributed by atoms with Gasteiger partial charge in [0.05, 0.1) is 16.8 Å². The first-order valence-corrected chi connectivity index (χ1v) is 11.5. The molecule has 0 aliphatic carbocycles. The van der Waals surface area contributed by atoms with Crippen LogP contribution in [0.5, 0.6) is 0 Å². The molecule has 2 aromatic heterocycles. The Balaban J connectivity index is 1.58. The summed E-state index contributed by atoms with van der Waals surface area (Å²) in [5.74, 6) is 0.948. The second kappa shape index (κ2) is 7.93. The molecular weight excluding hydrogens is 455 g/mol. The Labute approximate surface area is 192 Å². The lowest BCUT2D eigenvalue weighted by Crippen LogP contribution is -2.42. The van der Waals surface area contributed by atoms with Crippen molar-refractivity contribution in [1.29, 1.82) is 0 Å². The summed E-state index contributed by atoms with van der Waals surface area (Å²) >= 11 is 7.04. The van der Waals surface area contributed by atoms with Crippen LogP contribution >= 0.6 is 23.1 Å². The van der Waals surface area contributed by atoms with E-state index in [2.05, 4.69) is 9.36 Å². The topological polar surface area (TPSA) is 84.2 Å². The maximum Gasteiger partial charge on any atom is 0.254 e. The Morgan fingerprint density at radius 3 is 2.72 bits per heavy atom. The number of carbonyl (C=O) groups excluding carboxylic acids is 2. The molecule has 2 amide bonds. The number of rotatable bonds is 3. The van der Waals surface area contributed by atoms with Gasteiger partial charge in [0, 0.05) is 31.6 Å². The molecule has 1 unspecified atom stereocenters. The minimum atomic E-state index is -0.635. The number of fused-ring (bicyclic) bond motifs is 1. The third kappa shape index (κ3) is 3.38. The second-order valence-electron chi connectivity index (χ2n) is 7.89. The van der Waals surface area contributed by atoms with Crippen molar-refractivity contribution in [2.75, 3.05) is 18.0 Å². The lowest BCUT2D eigenvalue weighted by atomic mass is 10.1. The normalized spacial score (nSPS) is 18.4. The fourth-order valence-corrected chi connectivity index (χ4v) is 5.12. The minimum Gasteiger partial charge on any atom is -0.328 e. The number of aryl methyl sites for hydroxylation is 1. The zero-order chi connectivity index (χ0) is 22.6. The van der Waals surface area contributed by atoms with Crippen LogP contribution in [-0.4, -0.2) is 48.7 Å². The molecule has 1 atom stereocenters. The number of carbonyl (C=O) groups is 2. The molecule has 0 saturated carbocycles. The summed E-state index contributed by atoms with van der Waals surface area (Å²) in [6.07, 6.45) is 1.24. The molecule has 0 radical (unpaired) electrons. The molecule has 8 nitrogen and oxygen atoms in total. The molecule has 2 aliphatic rings. The SMILES string of the molecule is Cc1nsc(-c2nc(N3CCCC3=O)c3n2CCN(C(=O)c2ccc(Cl)c(F)c2)C3C)n1. The van der Waals surface area contributed by atoms with Gasteiger partial charge in [-0.3, -0.25) is 14.5 Å². The van der Waals surface area contributed by atoms with E-state index in [9.17, 15) is 14.0 Å². The van der Waals surface area contributed by atoms with E-state index in [4.69, 9.17) is 16.6 Å². The molecule has 0 N–H and O–H groups in total. The number of halogens is 2. The Kier molecular flexibility index (Phi) is 5.21. The molecule has 4 heterocycles. The van der Waals surface area contributed by atoms with Gasteiger partial charge >= 0.3 is 0 Å². The molecule has 0 spiro atoms. The van der Waals surface area contributed by atoms with Gasteiger partial charge in [-0.05, 0) is 50.0 Å². The van der Waals surface area contributed by atoms with E-state index in [0.717, 1.165) is 18.2 Å². The summed E-state index contributed by atoms with van der Waals surface area (Å²) in [4.78, 5) is 38.4. The molecule has 0 bridgehead atoms. The first kappa shape index (κ1) is 21.0. The first-order valence-electron chi connectivity index (χ1n) is 10.3. The summed E-state index contributed by atoms with van der Waals surface area (Å²) in [6.45, 7) is 5.19. The highest BCUT2D eigenvalue weighted by Crippen LogP contribution is 2.39. The van der Waals surface area contributed by atoms with Crippen molar-refractivity contribution in [3.63, 3.8) is 0 Å². The van der Waals surface area contributed by atoms with Gasteiger partial charge in [-0.25, -0.2) is 14.4 Å². The lowest BCUT2D eigenvalue weighted by molar-refractivity contribution is -0.117. The number of nitrogens with zero attached hydrogens (tertiary/aromatic N) is 6. The van der Waals surface area contributed by atoms with E-state index in [1.165, 1.54) is 23.7 Å². The quantitative estimate of drug-likeness (QED) is 0.575. The van der Waals surface area contributed by atoms with E-state index in [-0.39, 0.29) is 28.4 Å². The van der Waals surface area contributed by atoms with Gasteiger partial charge in [0.1, 0.15) is 11.6 Å². The average molecular weight is 475 g/mol. The molecule has 32 heavy (non-hydrogen) atoms. The van der Waals surface area contributed by atoms with Crippen LogP contribution in [0.4, 0.5) is 10.2 Å². The minimum absolute atomic E-state index is 0.0151. The molecule has 2 aliphatic heterocycles. The van der Waals surface area contributed by atoms with Crippen LogP contribution < -0.4 is 4.90 Å². The Bertz CT molecular complexity index is 1240. The van der Waals surface area contributed by atoms with Crippen molar-refractivity contribution in [3.8, 4) is 10.8 Å². The van der Waals surface area contributed by atoms with Crippen LogP contribution in [0.3, 0.4) is 0 Å². The number of benzene rings is 1. The van der Waals surface area contributed by atoms with Crippen LogP contribution in [-0.2, 0) is 11.3 Å². The van der Waals surface area contributed by atoms with Crippen molar-refractivity contribution in [2.45, 2.75) is 39.3 Å². The van der Waals surface area contributed by atoms with Gasteiger partial charge < -0.3 is 9.47 Å². The summed E-state index contributed by atoms with van der Waals surface area (Å²) in [6, 6.07) is 3.68. The number of hydrogen-bond donors (Lipinski definition) is 0. The van der Waals surface area contributed by atoms with Gasteiger partial charge in [0.25, 0.3) is 5.91 Å². The van der Waals surface area contributed by atoms with Crippen LogP contribution in [0.2, 0.25) is 5.02 Å². The smallest absolute Gasteiger partial charge is 0.254 e. The summed E-state index contributed by atoms with van der Waals surface area (Å²) < 4.78 is 20.3. The Hall–Kier alpha value is -2.85. The van der Waals surface area contributed by atoms with Gasteiger partial charge in [-0.1, -0.05) is 11.6 Å². The average Bonchev–Trinajstić information content (AvgIpc) is 3.48. The number of amides is 2. The fourth-order valence-electron chi connectivity index (χ4n) is 4.33. The highest BCUT2D eigenvalue weighted by molar-refractivity contribution is 7.09. The van der Waals surface area contributed by atoms with Gasteiger partial charge in [-0.2, -0.15) is 4.37 Å². The summed E-state index contributed by atoms with van der Waals surface area (Å²) in [5, 5.41) is 0.645. The van der Waals surface area contributed by atoms with Crippen molar-refractivity contribution in [3.05, 3.63) is 46.1 Å². The van der Waals surface area contributed by atoms with Crippen LogP contribution in [0.1, 0.15) is 47.7 Å². The van der Waals surface area contributed by atoms with Crippen molar-refractivity contribution in [1.82, 2.24) is 23.8 Å². The maximum absolute atomic E-state index is 14.0. The summed E-state index contributed by atoms with van der Waals surface area (Å²) in [7, 11) is 0. The molecule has 1 saturated heterocycles. The van der Waals surface area contributed by atoms with E-state index in [1.54, 1.807) is 9.80 Å². The van der Waals surface area contributed by atoms with Crippen LogP contribution in [0.15, 0.2) is 18.2 Å². The zero-order valence-corrected chi connectivity index (χ0v) is 19.1. The highest BCUT2D eigenvalue weighted by Gasteiger charge is 2.38. The molecular formula is C21H20ClFN6O2S. The number of anilines is 1. The predicted molar refractivity (Wildman–Crippen MR) is 118 cm³/mol. The van der Waals surface area contributed by atoms with Crippen molar-refractivity contribution < 1.29 is 14.0 Å². The zero-order valence-electron chi connectivity index (χ0n) is 17.5. The van der Waals surface area contributed by atoms with E-state index in [1.807, 2.05) is 18.4 Å². The van der Waals surface area contributed by atoms with E-state index >= 15 is 0 Å². The van der Waals surface area contributed by atoms with Gasteiger partial charge in [0.2, 0.25) is 5.91 Å². The number of imidazole rings is 1.